The van der Waals surface area contributed by atoms with Gasteiger partial charge >= 0.3 is 0 Å². The Kier molecular flexibility index (Phi) is 3.83. The Morgan fingerprint density at radius 1 is 1.41 bits per heavy atom. The first-order chi connectivity index (χ1) is 7.81. The van der Waals surface area contributed by atoms with Crippen molar-refractivity contribution in [2.45, 2.75) is 19.4 Å². The van der Waals surface area contributed by atoms with Gasteiger partial charge in [-0.05, 0) is 26.0 Å². The van der Waals surface area contributed by atoms with Crippen molar-refractivity contribution in [2.24, 2.45) is 0 Å². The highest BCUT2D eigenvalue weighted by Crippen LogP contribution is 2.18. The summed E-state index contributed by atoms with van der Waals surface area (Å²) in [6.07, 6.45) is 0. The third-order valence-corrected chi connectivity index (χ3v) is 2.78. The molecular weight excluding hydrogens is 228 g/mol. The van der Waals surface area contributed by atoms with Crippen LogP contribution in [-0.4, -0.2) is 35.1 Å². The minimum atomic E-state index is -1.17. The summed E-state index contributed by atoms with van der Waals surface area (Å²) in [6.45, 7) is 2.98. The molecule has 0 unspecified atom stereocenters. The van der Waals surface area contributed by atoms with Gasteiger partial charge in [0.05, 0.1) is 17.7 Å². The van der Waals surface area contributed by atoms with E-state index in [1.165, 1.54) is 24.1 Å². The second-order valence-electron chi connectivity index (χ2n) is 4.44. The maximum atomic E-state index is 13.4. The summed E-state index contributed by atoms with van der Waals surface area (Å²) < 4.78 is 26.4. The average molecular weight is 243 g/mol. The molecule has 17 heavy (non-hydrogen) atoms. The van der Waals surface area contributed by atoms with Gasteiger partial charge < -0.3 is 10.0 Å². The highest BCUT2D eigenvalue weighted by Gasteiger charge is 2.29. The summed E-state index contributed by atoms with van der Waals surface area (Å²) in [4.78, 5) is 13.1. The van der Waals surface area contributed by atoms with Gasteiger partial charge in [0.1, 0.15) is 0 Å². The van der Waals surface area contributed by atoms with Crippen LogP contribution in [0.2, 0.25) is 0 Å². The van der Waals surface area contributed by atoms with Crippen LogP contribution in [0, 0.1) is 11.6 Å². The van der Waals surface area contributed by atoms with Gasteiger partial charge in [-0.2, -0.15) is 0 Å². The molecule has 5 heteroatoms. The van der Waals surface area contributed by atoms with E-state index in [1.807, 2.05) is 0 Å². The van der Waals surface area contributed by atoms with Crippen LogP contribution >= 0.6 is 0 Å². The molecule has 0 heterocycles. The first-order valence-corrected chi connectivity index (χ1v) is 5.14. The van der Waals surface area contributed by atoms with Crippen molar-refractivity contribution in [3.05, 3.63) is 35.4 Å². The third kappa shape index (κ3) is 2.61. The minimum absolute atomic E-state index is 0.272. The van der Waals surface area contributed by atoms with Gasteiger partial charge in [-0.1, -0.05) is 6.07 Å². The fourth-order valence-corrected chi connectivity index (χ4v) is 1.23. The Balaban J connectivity index is 3.09. The molecule has 3 nitrogen and oxygen atoms in total. The van der Waals surface area contributed by atoms with Crippen molar-refractivity contribution in [1.29, 1.82) is 0 Å². The van der Waals surface area contributed by atoms with E-state index in [4.69, 9.17) is 5.11 Å². The Morgan fingerprint density at radius 2 is 2.00 bits per heavy atom. The summed E-state index contributed by atoms with van der Waals surface area (Å²) in [5, 5.41) is 9.12. The zero-order valence-corrected chi connectivity index (χ0v) is 10.00. The number of carbonyl (C=O) groups excluding carboxylic acids is 1. The van der Waals surface area contributed by atoms with Gasteiger partial charge in [0.15, 0.2) is 11.6 Å². The molecule has 0 atom stereocenters. The number of aliphatic hydroxyl groups excluding tert-OH is 1. The third-order valence-electron chi connectivity index (χ3n) is 2.78. The van der Waals surface area contributed by atoms with Crippen molar-refractivity contribution in [3.8, 4) is 0 Å². The van der Waals surface area contributed by atoms with Crippen LogP contribution in [0.5, 0.6) is 0 Å². The Bertz CT molecular complexity index is 433. The van der Waals surface area contributed by atoms with Gasteiger partial charge in [0, 0.05) is 7.05 Å². The fraction of sp³-hybridized carbons (Fsp3) is 0.417. The highest BCUT2D eigenvalue weighted by atomic mass is 19.2. The Morgan fingerprint density at radius 3 is 2.53 bits per heavy atom. The van der Waals surface area contributed by atoms with E-state index in [-0.39, 0.29) is 12.2 Å². The number of benzene rings is 1. The van der Waals surface area contributed by atoms with E-state index in [9.17, 15) is 13.6 Å². The SMILES string of the molecule is CN(C(=O)c1cccc(F)c1F)C(C)(C)CO. The fourth-order valence-electron chi connectivity index (χ4n) is 1.23. The van der Waals surface area contributed by atoms with Crippen LogP contribution in [0.1, 0.15) is 24.2 Å². The van der Waals surface area contributed by atoms with Gasteiger partial charge in [0.2, 0.25) is 0 Å². The van der Waals surface area contributed by atoms with Crippen molar-refractivity contribution in [2.75, 3.05) is 13.7 Å². The van der Waals surface area contributed by atoms with Gasteiger partial charge in [-0.25, -0.2) is 8.78 Å². The summed E-state index contributed by atoms with van der Waals surface area (Å²) in [6, 6.07) is 3.43. The van der Waals surface area contributed by atoms with E-state index in [0.29, 0.717) is 0 Å². The molecule has 1 aromatic carbocycles. The minimum Gasteiger partial charge on any atom is -0.394 e. The van der Waals surface area contributed by atoms with Crippen molar-refractivity contribution in [3.63, 3.8) is 0 Å². The largest absolute Gasteiger partial charge is 0.394 e. The lowest BCUT2D eigenvalue weighted by Crippen LogP contribution is -2.47. The average Bonchev–Trinajstić information content (AvgIpc) is 2.30. The molecule has 0 radical (unpaired) electrons. The predicted molar refractivity (Wildman–Crippen MR) is 59.6 cm³/mol. The molecule has 0 aliphatic carbocycles. The van der Waals surface area contributed by atoms with E-state index in [1.54, 1.807) is 13.8 Å². The first kappa shape index (κ1) is 13.6. The zero-order chi connectivity index (χ0) is 13.2. The molecule has 0 saturated carbocycles. The summed E-state index contributed by atoms with van der Waals surface area (Å²) >= 11 is 0. The molecule has 1 amide bonds. The first-order valence-electron chi connectivity index (χ1n) is 5.14. The molecule has 1 aromatic rings. The second-order valence-corrected chi connectivity index (χ2v) is 4.44. The van der Waals surface area contributed by atoms with E-state index in [0.717, 1.165) is 6.07 Å². The number of nitrogens with zero attached hydrogens (tertiary/aromatic N) is 1. The molecule has 94 valence electrons. The Hall–Kier alpha value is -1.49. The van der Waals surface area contributed by atoms with Crippen LogP contribution in [-0.2, 0) is 0 Å². The smallest absolute Gasteiger partial charge is 0.257 e. The molecule has 0 spiro atoms. The maximum Gasteiger partial charge on any atom is 0.257 e. The molecular formula is C12H15F2NO2. The highest BCUT2D eigenvalue weighted by molar-refractivity contribution is 5.94. The van der Waals surface area contributed by atoms with Crippen LogP contribution in [0.25, 0.3) is 0 Å². The van der Waals surface area contributed by atoms with E-state index < -0.39 is 23.1 Å². The quantitative estimate of drug-likeness (QED) is 0.879. The lowest BCUT2D eigenvalue weighted by Gasteiger charge is -2.34. The second kappa shape index (κ2) is 4.79. The molecule has 0 aromatic heterocycles. The number of aliphatic hydroxyl groups is 1. The summed E-state index contributed by atoms with van der Waals surface area (Å²) in [7, 11) is 1.43. The van der Waals surface area contributed by atoms with E-state index >= 15 is 0 Å². The number of rotatable bonds is 3. The van der Waals surface area contributed by atoms with Crippen LogP contribution in [0.15, 0.2) is 18.2 Å². The van der Waals surface area contributed by atoms with E-state index in [2.05, 4.69) is 0 Å². The van der Waals surface area contributed by atoms with Gasteiger partial charge in [0.25, 0.3) is 5.91 Å². The van der Waals surface area contributed by atoms with Crippen LogP contribution in [0.3, 0.4) is 0 Å². The number of hydrogen-bond acceptors (Lipinski definition) is 2. The Labute approximate surface area is 98.7 Å². The number of likely N-dealkylation sites (N-methyl/N-ethyl adjacent to an activating group) is 1. The lowest BCUT2D eigenvalue weighted by atomic mass is 10.0. The molecule has 1 rings (SSSR count). The normalized spacial score (nSPS) is 11.4. The van der Waals surface area contributed by atoms with Crippen molar-refractivity contribution < 1.29 is 18.7 Å². The van der Waals surface area contributed by atoms with Gasteiger partial charge in [-0.15, -0.1) is 0 Å². The predicted octanol–water partition coefficient (Wildman–Crippen LogP) is 1.81. The maximum absolute atomic E-state index is 13.4. The number of amides is 1. The number of halogens is 2. The topological polar surface area (TPSA) is 40.5 Å². The molecule has 0 aliphatic rings. The van der Waals surface area contributed by atoms with Crippen LogP contribution in [0.4, 0.5) is 8.78 Å². The zero-order valence-electron chi connectivity index (χ0n) is 10.00. The molecule has 1 N–H and O–H groups in total. The molecule has 0 bridgehead atoms. The summed E-state index contributed by atoms with van der Waals surface area (Å²) in [5.74, 6) is -2.90. The standard InChI is InChI=1S/C12H15F2NO2/c1-12(2,7-16)15(3)11(17)8-5-4-6-9(13)10(8)14/h4-6,16H,7H2,1-3H3. The number of hydrogen-bond donors (Lipinski definition) is 1. The van der Waals surface area contributed by atoms with Gasteiger partial charge in [-0.3, -0.25) is 4.79 Å². The van der Waals surface area contributed by atoms with Crippen LogP contribution < -0.4 is 0 Å². The van der Waals surface area contributed by atoms with Crippen molar-refractivity contribution >= 4 is 5.91 Å². The molecule has 0 aliphatic heterocycles. The molecule has 0 fully saturated rings. The number of carbonyl (C=O) groups is 1. The summed E-state index contributed by atoms with van der Waals surface area (Å²) in [5.41, 5.74) is -1.18. The monoisotopic (exact) mass is 243 g/mol. The van der Waals surface area contributed by atoms with Crippen molar-refractivity contribution in [1.82, 2.24) is 4.90 Å². The lowest BCUT2D eigenvalue weighted by molar-refractivity contribution is 0.0468. The molecule has 0 saturated heterocycles.